The second kappa shape index (κ2) is 5.70. The molecular weight excluding hydrogens is 243 g/mol. The molecule has 0 aliphatic carbocycles. The molecule has 1 unspecified atom stereocenters. The van der Waals surface area contributed by atoms with Crippen molar-refractivity contribution >= 4 is 5.91 Å². The summed E-state index contributed by atoms with van der Waals surface area (Å²) in [5, 5.41) is 0. The molecule has 0 radical (unpaired) electrons. The number of carbonyl (C=O) groups is 1. The van der Waals surface area contributed by atoms with Gasteiger partial charge >= 0.3 is 0 Å². The summed E-state index contributed by atoms with van der Waals surface area (Å²) in [7, 11) is 2.07. The first-order valence-corrected chi connectivity index (χ1v) is 6.78. The first kappa shape index (κ1) is 14.0. The minimum atomic E-state index is -0.419. The van der Waals surface area contributed by atoms with E-state index < -0.39 is 5.82 Å². The van der Waals surface area contributed by atoms with E-state index in [-0.39, 0.29) is 11.5 Å². The summed E-state index contributed by atoms with van der Waals surface area (Å²) in [5.41, 5.74) is 1.02. The van der Waals surface area contributed by atoms with Crippen molar-refractivity contribution in [2.45, 2.75) is 26.3 Å². The molecule has 1 fully saturated rings. The third kappa shape index (κ3) is 2.95. The van der Waals surface area contributed by atoms with Gasteiger partial charge in [-0.2, -0.15) is 0 Å². The van der Waals surface area contributed by atoms with Gasteiger partial charge in [-0.05, 0) is 38.1 Å². The Labute approximate surface area is 114 Å². The van der Waals surface area contributed by atoms with Crippen molar-refractivity contribution in [3.63, 3.8) is 0 Å². The SMILES string of the molecule is CCC1CN(C(=O)c2ccc(C)cc2F)CCN1C. The number of hydrogen-bond acceptors (Lipinski definition) is 2. The molecule has 1 amide bonds. The number of likely N-dealkylation sites (N-methyl/N-ethyl adjacent to an activating group) is 1. The lowest BCUT2D eigenvalue weighted by Gasteiger charge is -2.39. The molecule has 3 nitrogen and oxygen atoms in total. The highest BCUT2D eigenvalue weighted by atomic mass is 19.1. The summed E-state index contributed by atoms with van der Waals surface area (Å²) < 4.78 is 13.9. The topological polar surface area (TPSA) is 23.6 Å². The summed E-state index contributed by atoms with van der Waals surface area (Å²) in [6.07, 6.45) is 0.997. The van der Waals surface area contributed by atoms with Gasteiger partial charge in [-0.3, -0.25) is 9.69 Å². The van der Waals surface area contributed by atoms with E-state index in [0.29, 0.717) is 19.1 Å². The van der Waals surface area contributed by atoms with E-state index in [1.54, 1.807) is 17.0 Å². The van der Waals surface area contributed by atoms with E-state index in [1.165, 1.54) is 6.07 Å². The van der Waals surface area contributed by atoms with Crippen LogP contribution in [-0.2, 0) is 0 Å². The van der Waals surface area contributed by atoms with Crippen molar-refractivity contribution in [2.24, 2.45) is 0 Å². The summed E-state index contributed by atoms with van der Waals surface area (Å²) in [4.78, 5) is 16.4. The Hall–Kier alpha value is -1.42. The number of hydrogen-bond donors (Lipinski definition) is 0. The molecule has 1 aromatic carbocycles. The fourth-order valence-electron chi connectivity index (χ4n) is 2.54. The van der Waals surface area contributed by atoms with Crippen LogP contribution in [0.2, 0.25) is 0 Å². The van der Waals surface area contributed by atoms with Crippen LogP contribution in [0.4, 0.5) is 4.39 Å². The Kier molecular flexibility index (Phi) is 4.20. The van der Waals surface area contributed by atoms with Gasteiger partial charge in [0.2, 0.25) is 0 Å². The zero-order chi connectivity index (χ0) is 14.0. The number of nitrogens with zero attached hydrogens (tertiary/aromatic N) is 2. The lowest BCUT2D eigenvalue weighted by Crippen LogP contribution is -2.53. The number of piperazine rings is 1. The van der Waals surface area contributed by atoms with Gasteiger partial charge in [0.05, 0.1) is 5.56 Å². The van der Waals surface area contributed by atoms with Gasteiger partial charge in [0.15, 0.2) is 0 Å². The molecular formula is C15H21FN2O. The van der Waals surface area contributed by atoms with E-state index in [0.717, 1.165) is 18.5 Å². The second-order valence-electron chi connectivity index (χ2n) is 5.28. The van der Waals surface area contributed by atoms with Crippen LogP contribution >= 0.6 is 0 Å². The molecule has 0 bridgehead atoms. The zero-order valence-electron chi connectivity index (χ0n) is 11.8. The molecule has 0 saturated carbocycles. The van der Waals surface area contributed by atoms with Crippen LogP contribution in [-0.4, -0.2) is 48.4 Å². The first-order valence-electron chi connectivity index (χ1n) is 6.78. The largest absolute Gasteiger partial charge is 0.336 e. The number of rotatable bonds is 2. The van der Waals surface area contributed by atoms with Crippen LogP contribution in [0, 0.1) is 12.7 Å². The highest BCUT2D eigenvalue weighted by Crippen LogP contribution is 2.17. The molecule has 1 aliphatic rings. The molecule has 4 heteroatoms. The number of aryl methyl sites for hydroxylation is 1. The molecule has 1 aromatic rings. The van der Waals surface area contributed by atoms with Gasteiger partial charge in [-0.15, -0.1) is 0 Å². The summed E-state index contributed by atoms with van der Waals surface area (Å²) in [6.45, 7) is 6.12. The Morgan fingerprint density at radius 2 is 2.16 bits per heavy atom. The number of amides is 1. The van der Waals surface area contributed by atoms with Gasteiger partial charge in [0.25, 0.3) is 5.91 Å². The average molecular weight is 264 g/mol. The molecule has 1 aliphatic heterocycles. The van der Waals surface area contributed by atoms with Gasteiger partial charge < -0.3 is 4.90 Å². The fourth-order valence-corrected chi connectivity index (χ4v) is 2.54. The van der Waals surface area contributed by atoms with Gasteiger partial charge in [0.1, 0.15) is 5.82 Å². The Morgan fingerprint density at radius 3 is 2.79 bits per heavy atom. The molecule has 1 saturated heterocycles. The molecule has 0 spiro atoms. The van der Waals surface area contributed by atoms with Crippen molar-refractivity contribution in [3.8, 4) is 0 Å². The molecule has 1 heterocycles. The third-order valence-corrected chi connectivity index (χ3v) is 3.89. The van der Waals surface area contributed by atoms with Crippen LogP contribution in [0.5, 0.6) is 0 Å². The molecule has 0 N–H and O–H groups in total. The van der Waals surface area contributed by atoms with Gasteiger partial charge in [-0.25, -0.2) is 4.39 Å². The smallest absolute Gasteiger partial charge is 0.256 e. The summed E-state index contributed by atoms with van der Waals surface area (Å²) >= 11 is 0. The lowest BCUT2D eigenvalue weighted by atomic mass is 10.1. The van der Waals surface area contributed by atoms with E-state index in [2.05, 4.69) is 18.9 Å². The van der Waals surface area contributed by atoms with Crippen molar-refractivity contribution in [3.05, 3.63) is 35.1 Å². The van der Waals surface area contributed by atoms with Crippen LogP contribution in [0.25, 0.3) is 0 Å². The van der Waals surface area contributed by atoms with Crippen molar-refractivity contribution in [2.75, 3.05) is 26.7 Å². The van der Waals surface area contributed by atoms with Crippen LogP contribution in [0.3, 0.4) is 0 Å². The number of halogens is 1. The lowest BCUT2D eigenvalue weighted by molar-refractivity contribution is 0.0537. The van der Waals surface area contributed by atoms with E-state index in [9.17, 15) is 9.18 Å². The molecule has 2 rings (SSSR count). The standard InChI is InChI=1S/C15H21FN2O/c1-4-12-10-18(8-7-17(12)3)15(19)13-6-5-11(2)9-14(13)16/h5-6,9,12H,4,7-8,10H2,1-3H3. The maximum atomic E-state index is 13.9. The number of carbonyl (C=O) groups excluding carboxylic acids is 1. The molecule has 19 heavy (non-hydrogen) atoms. The molecule has 1 atom stereocenters. The highest BCUT2D eigenvalue weighted by Gasteiger charge is 2.27. The van der Waals surface area contributed by atoms with Gasteiger partial charge in [0, 0.05) is 25.7 Å². The van der Waals surface area contributed by atoms with E-state index in [1.807, 2.05) is 6.92 Å². The predicted molar refractivity (Wildman–Crippen MR) is 73.7 cm³/mol. The van der Waals surface area contributed by atoms with E-state index in [4.69, 9.17) is 0 Å². The van der Waals surface area contributed by atoms with Crippen LogP contribution < -0.4 is 0 Å². The fraction of sp³-hybridized carbons (Fsp3) is 0.533. The highest BCUT2D eigenvalue weighted by molar-refractivity contribution is 5.94. The number of benzene rings is 1. The summed E-state index contributed by atoms with van der Waals surface area (Å²) in [5.74, 6) is -0.610. The third-order valence-electron chi connectivity index (χ3n) is 3.89. The maximum Gasteiger partial charge on any atom is 0.256 e. The van der Waals surface area contributed by atoms with Crippen molar-refractivity contribution < 1.29 is 9.18 Å². The summed E-state index contributed by atoms with van der Waals surface area (Å²) in [6, 6.07) is 5.16. The van der Waals surface area contributed by atoms with Crippen molar-refractivity contribution in [1.29, 1.82) is 0 Å². The Balaban J connectivity index is 2.15. The maximum absolute atomic E-state index is 13.9. The predicted octanol–water partition coefficient (Wildman–Crippen LogP) is 2.30. The Bertz CT molecular complexity index is 475. The minimum Gasteiger partial charge on any atom is -0.336 e. The van der Waals surface area contributed by atoms with Crippen molar-refractivity contribution in [1.82, 2.24) is 9.80 Å². The van der Waals surface area contributed by atoms with E-state index >= 15 is 0 Å². The second-order valence-corrected chi connectivity index (χ2v) is 5.28. The van der Waals surface area contributed by atoms with Crippen LogP contribution in [0.15, 0.2) is 18.2 Å². The molecule has 0 aromatic heterocycles. The normalized spacial score (nSPS) is 20.6. The first-order chi connectivity index (χ1) is 9.02. The zero-order valence-corrected chi connectivity index (χ0v) is 11.8. The Morgan fingerprint density at radius 1 is 1.42 bits per heavy atom. The molecule has 104 valence electrons. The van der Waals surface area contributed by atoms with Crippen LogP contribution in [0.1, 0.15) is 29.3 Å². The monoisotopic (exact) mass is 264 g/mol. The minimum absolute atomic E-state index is 0.185. The van der Waals surface area contributed by atoms with Gasteiger partial charge in [-0.1, -0.05) is 13.0 Å². The average Bonchev–Trinajstić information content (AvgIpc) is 2.38. The quantitative estimate of drug-likeness (QED) is 0.818.